The molecule has 3 aromatic rings. The molecule has 0 spiro atoms. The van der Waals surface area contributed by atoms with Crippen molar-refractivity contribution in [3.05, 3.63) is 58.5 Å². The Morgan fingerprint density at radius 2 is 1.94 bits per heavy atom. The second kappa shape index (κ2) is 7.85. The normalized spacial score (nSPS) is 14.8. The second-order valence-electron chi connectivity index (χ2n) is 7.32. The number of rotatable bonds is 4. The Morgan fingerprint density at radius 3 is 2.59 bits per heavy atom. The molecule has 5 nitrogen and oxygen atoms in total. The fourth-order valence-corrected chi connectivity index (χ4v) is 3.21. The maximum Gasteiger partial charge on any atom is 0.405 e. The predicted octanol–water partition coefficient (Wildman–Crippen LogP) is 4.55. The van der Waals surface area contributed by atoms with Gasteiger partial charge >= 0.3 is 11.9 Å². The highest BCUT2D eigenvalue weighted by molar-refractivity contribution is 5.91. The Bertz CT molecular complexity index is 1290. The Hall–Kier alpha value is -3.55. The summed E-state index contributed by atoms with van der Waals surface area (Å²) in [6.45, 7) is -0.923. The summed E-state index contributed by atoms with van der Waals surface area (Å²) in [7, 11) is 0. The minimum Gasteiger partial charge on any atom is -0.318 e. The van der Waals surface area contributed by atoms with Gasteiger partial charge in [0.1, 0.15) is 17.1 Å². The van der Waals surface area contributed by atoms with E-state index in [9.17, 15) is 31.1 Å². The van der Waals surface area contributed by atoms with E-state index in [1.807, 2.05) is 0 Å². The van der Waals surface area contributed by atoms with Crippen molar-refractivity contribution in [3.8, 4) is 11.8 Å². The summed E-state index contributed by atoms with van der Waals surface area (Å²) in [5.74, 6) is 3.71. The first kappa shape index (κ1) is 21.7. The number of alkyl halides is 5. The molecule has 1 N–H and O–H groups in total. The van der Waals surface area contributed by atoms with Crippen molar-refractivity contribution in [1.82, 2.24) is 15.0 Å². The number of benzene rings is 1. The Balaban J connectivity index is 1.80. The van der Waals surface area contributed by atoms with Crippen molar-refractivity contribution in [3.63, 3.8) is 0 Å². The number of aromatic amines is 1. The molecule has 1 fully saturated rings. The van der Waals surface area contributed by atoms with Gasteiger partial charge in [-0.2, -0.15) is 18.2 Å². The molecule has 0 radical (unpaired) electrons. The maximum absolute atomic E-state index is 13.8. The van der Waals surface area contributed by atoms with Gasteiger partial charge in [-0.05, 0) is 37.1 Å². The smallest absolute Gasteiger partial charge is 0.318 e. The molecule has 11 heteroatoms. The van der Waals surface area contributed by atoms with E-state index in [4.69, 9.17) is 0 Å². The molecule has 4 rings (SSSR count). The number of hydrogen-bond donors (Lipinski definition) is 1. The molecule has 0 unspecified atom stereocenters. The third kappa shape index (κ3) is 4.26. The highest BCUT2D eigenvalue weighted by Gasteiger charge is 2.62. The Labute approximate surface area is 177 Å². The molecule has 0 bridgehead atoms. The van der Waals surface area contributed by atoms with Crippen molar-refractivity contribution < 1.29 is 26.3 Å². The second-order valence-corrected chi connectivity index (χ2v) is 7.32. The maximum atomic E-state index is 13.8. The fraction of sp³-hybridized carbons (Fsp3) is 0.286. The third-order valence-corrected chi connectivity index (χ3v) is 5.02. The first-order valence-electron chi connectivity index (χ1n) is 9.38. The lowest BCUT2D eigenvalue weighted by molar-refractivity contribution is -0.168. The van der Waals surface area contributed by atoms with Crippen LogP contribution in [0.3, 0.4) is 0 Å². The van der Waals surface area contributed by atoms with Gasteiger partial charge < -0.3 is 9.88 Å². The summed E-state index contributed by atoms with van der Waals surface area (Å²) in [6.07, 6.45) is -5.19. The number of hydrogen-bond acceptors (Lipinski definition) is 4. The van der Waals surface area contributed by atoms with Crippen LogP contribution in [0.1, 0.15) is 18.4 Å². The van der Waals surface area contributed by atoms with Gasteiger partial charge in [0.15, 0.2) is 0 Å². The fourth-order valence-electron chi connectivity index (χ4n) is 3.21. The minimum absolute atomic E-state index is 0.0117. The van der Waals surface area contributed by atoms with Crippen molar-refractivity contribution in [1.29, 1.82) is 0 Å². The first-order valence-corrected chi connectivity index (χ1v) is 9.38. The van der Waals surface area contributed by atoms with Gasteiger partial charge in [0.05, 0.1) is 23.9 Å². The van der Waals surface area contributed by atoms with Gasteiger partial charge in [-0.15, -0.1) is 0 Å². The van der Waals surface area contributed by atoms with Crippen LogP contribution in [0.4, 0.5) is 37.8 Å². The summed E-state index contributed by atoms with van der Waals surface area (Å²) in [5.41, 5.74) is -2.66. The number of anilines is 2. The van der Waals surface area contributed by atoms with Gasteiger partial charge in [0, 0.05) is 17.1 Å². The highest BCUT2D eigenvalue weighted by Crippen LogP contribution is 2.57. The zero-order valence-electron chi connectivity index (χ0n) is 16.2. The molecule has 1 saturated carbocycles. The van der Waals surface area contributed by atoms with E-state index in [1.54, 1.807) is 0 Å². The number of pyridine rings is 1. The summed E-state index contributed by atoms with van der Waals surface area (Å²) in [6, 6.07) is 4.65. The van der Waals surface area contributed by atoms with Crippen LogP contribution in [0.25, 0.3) is 10.9 Å². The number of nitrogens with zero attached hydrogens (tertiary/aromatic N) is 3. The molecular formula is C21H14F6N4O. The van der Waals surface area contributed by atoms with Gasteiger partial charge in [0.2, 0.25) is 0 Å². The lowest BCUT2D eigenvalue weighted by atomic mass is 10.1. The average molecular weight is 452 g/mol. The van der Waals surface area contributed by atoms with Crippen LogP contribution in [0, 0.1) is 23.1 Å². The number of halogens is 6. The molecule has 2 heterocycles. The van der Waals surface area contributed by atoms with Gasteiger partial charge in [-0.1, -0.05) is 11.8 Å². The van der Waals surface area contributed by atoms with E-state index in [0.717, 1.165) is 17.0 Å². The van der Waals surface area contributed by atoms with Crippen LogP contribution >= 0.6 is 0 Å². The van der Waals surface area contributed by atoms with Crippen molar-refractivity contribution in [2.24, 2.45) is 5.41 Å². The van der Waals surface area contributed by atoms with Crippen molar-refractivity contribution in [2.45, 2.75) is 25.4 Å². The topological polar surface area (TPSA) is 61.9 Å². The molecule has 0 aliphatic heterocycles. The van der Waals surface area contributed by atoms with Crippen LogP contribution in [-0.4, -0.2) is 34.1 Å². The first-order chi connectivity index (χ1) is 15.1. The van der Waals surface area contributed by atoms with Crippen LogP contribution < -0.4 is 10.6 Å². The lowest BCUT2D eigenvalue weighted by Gasteiger charge is -2.24. The van der Waals surface area contributed by atoms with Gasteiger partial charge in [0.25, 0.3) is 6.43 Å². The molecule has 0 amide bonds. The number of fused-ring (bicyclic) bond motifs is 1. The van der Waals surface area contributed by atoms with Crippen molar-refractivity contribution >= 4 is 22.4 Å². The van der Waals surface area contributed by atoms with Crippen LogP contribution in [0.2, 0.25) is 0 Å². The molecule has 166 valence electrons. The number of H-pyrrole nitrogens is 1. The summed E-state index contributed by atoms with van der Waals surface area (Å²) in [4.78, 5) is 22.9. The van der Waals surface area contributed by atoms with Gasteiger partial charge in [-0.3, -0.25) is 4.98 Å². The lowest BCUT2D eigenvalue weighted by Crippen LogP contribution is -2.27. The standard InChI is InChI=1S/C21H14F6N4O/c22-13-1-2-16-15(8-13)18(30-19(32)29-16)31(11-17(23)24)14-7-12(9-28-10-14)3-4-20(5-6-20)21(25,26)27/h1-2,7-10,17H,5-6,11H2,(H,29,30,32). The molecule has 32 heavy (non-hydrogen) atoms. The number of nitrogens with one attached hydrogen (secondary N) is 1. The SMILES string of the molecule is O=c1nc(N(CC(F)F)c2cncc(C#CC3(C(F)(F)F)CC3)c2)c2cc(F)ccc2[nH]1. The highest BCUT2D eigenvalue weighted by atomic mass is 19.4. The number of aromatic nitrogens is 3. The van der Waals surface area contributed by atoms with E-state index in [1.165, 1.54) is 24.5 Å². The van der Waals surface area contributed by atoms with Crippen LogP contribution in [0.15, 0.2) is 41.5 Å². The monoisotopic (exact) mass is 452 g/mol. The summed E-state index contributed by atoms with van der Waals surface area (Å²) in [5, 5.41) is 0.0655. The van der Waals surface area contributed by atoms with E-state index in [-0.39, 0.29) is 40.8 Å². The summed E-state index contributed by atoms with van der Waals surface area (Å²) >= 11 is 0. The Kier molecular flexibility index (Phi) is 5.32. The molecule has 1 aromatic carbocycles. The van der Waals surface area contributed by atoms with Crippen LogP contribution in [0.5, 0.6) is 0 Å². The van der Waals surface area contributed by atoms with E-state index < -0.39 is 36.1 Å². The van der Waals surface area contributed by atoms with E-state index >= 15 is 0 Å². The third-order valence-electron chi connectivity index (χ3n) is 5.02. The van der Waals surface area contributed by atoms with Gasteiger partial charge in [-0.25, -0.2) is 18.0 Å². The largest absolute Gasteiger partial charge is 0.405 e. The molecular weight excluding hydrogens is 438 g/mol. The van der Waals surface area contributed by atoms with Crippen LogP contribution in [-0.2, 0) is 0 Å². The minimum atomic E-state index is -4.47. The summed E-state index contributed by atoms with van der Waals surface area (Å²) < 4.78 is 79.9. The van der Waals surface area contributed by atoms with E-state index in [2.05, 4.69) is 26.8 Å². The van der Waals surface area contributed by atoms with E-state index in [0.29, 0.717) is 0 Å². The predicted molar refractivity (Wildman–Crippen MR) is 104 cm³/mol. The molecule has 1 aliphatic rings. The zero-order chi connectivity index (χ0) is 23.1. The molecule has 0 saturated heterocycles. The molecule has 1 aliphatic carbocycles. The Morgan fingerprint density at radius 1 is 1.19 bits per heavy atom. The quantitative estimate of drug-likeness (QED) is 0.466. The molecule has 0 atom stereocenters. The molecule has 2 aromatic heterocycles. The zero-order valence-corrected chi connectivity index (χ0v) is 16.2. The van der Waals surface area contributed by atoms with Crippen molar-refractivity contribution in [2.75, 3.05) is 11.4 Å². The average Bonchev–Trinajstić information content (AvgIpc) is 3.52.